The predicted octanol–water partition coefficient (Wildman–Crippen LogP) is 5.12. The molecule has 43 heavy (non-hydrogen) atoms. The minimum Gasteiger partial charge on any atom is -0.494 e. The molecule has 12 heteroatoms. The molecular formula is C31H32N8O4. The Hall–Kier alpha value is -5.23. The van der Waals surface area contributed by atoms with Crippen LogP contribution in [0.3, 0.4) is 0 Å². The molecule has 4 heterocycles. The minimum absolute atomic E-state index is 0.339. The Labute approximate surface area is 252 Å². The molecule has 3 aromatic heterocycles. The summed E-state index contributed by atoms with van der Waals surface area (Å²) in [5.41, 5.74) is 3.12. The van der Waals surface area contributed by atoms with Gasteiger partial charge in [0, 0.05) is 46.0 Å². The monoisotopic (exact) mass is 583 g/mol. The normalized spacial score (nSPS) is 16.6. The van der Waals surface area contributed by atoms with Gasteiger partial charge < -0.3 is 24.8 Å². The zero-order chi connectivity index (χ0) is 32.4. The van der Waals surface area contributed by atoms with Gasteiger partial charge in [-0.15, -0.1) is 0 Å². The fraction of sp³-hybridized carbons (Fsp3) is 0.258. The van der Waals surface area contributed by atoms with Crippen molar-refractivity contribution in [3.05, 3.63) is 73.0 Å². The summed E-state index contributed by atoms with van der Waals surface area (Å²) in [4.78, 5) is 27.4. The summed E-state index contributed by atoms with van der Waals surface area (Å²) in [6.45, 7) is 0.166. The maximum atomic E-state index is 12.9. The number of aryl methyl sites for hydroxylation is 1. The van der Waals surface area contributed by atoms with Gasteiger partial charge >= 0.3 is 0 Å². The van der Waals surface area contributed by atoms with Gasteiger partial charge in [-0.3, -0.25) is 9.69 Å². The molecule has 220 valence electrons. The third-order valence-electron chi connectivity index (χ3n) is 7.21. The number of nitrogens with zero attached hydrogens (tertiary/aromatic N) is 6. The van der Waals surface area contributed by atoms with Gasteiger partial charge in [0.15, 0.2) is 5.65 Å². The SMILES string of the molecule is [2H]C([2H])([2H])N1CCCC1C=CC(=O)Nc1cc2c(Nc3cc(C)c(Oc4ccn5ncnc5c4)cc3OC)ncnc2cc1OC. The molecule has 2 aromatic carbocycles. The van der Waals surface area contributed by atoms with Crippen molar-refractivity contribution in [2.75, 3.05) is 38.4 Å². The van der Waals surface area contributed by atoms with Gasteiger partial charge in [0.25, 0.3) is 0 Å². The van der Waals surface area contributed by atoms with Gasteiger partial charge in [0.1, 0.15) is 41.5 Å². The number of amides is 1. The van der Waals surface area contributed by atoms with Gasteiger partial charge in [-0.2, -0.15) is 5.10 Å². The van der Waals surface area contributed by atoms with E-state index in [1.165, 1.54) is 30.7 Å². The lowest BCUT2D eigenvalue weighted by atomic mass is 10.1. The van der Waals surface area contributed by atoms with Crippen LogP contribution in [-0.4, -0.2) is 69.2 Å². The van der Waals surface area contributed by atoms with E-state index in [4.69, 9.17) is 18.3 Å². The van der Waals surface area contributed by atoms with Gasteiger partial charge in [-0.05, 0) is 57.0 Å². The second-order valence-electron chi connectivity index (χ2n) is 10.0. The molecule has 12 nitrogen and oxygen atoms in total. The van der Waals surface area contributed by atoms with Crippen LogP contribution in [0.4, 0.5) is 17.2 Å². The van der Waals surface area contributed by atoms with Crippen molar-refractivity contribution in [3.8, 4) is 23.0 Å². The Morgan fingerprint density at radius 2 is 1.91 bits per heavy atom. The molecule has 1 amide bonds. The van der Waals surface area contributed by atoms with Crippen molar-refractivity contribution in [2.45, 2.75) is 25.8 Å². The van der Waals surface area contributed by atoms with E-state index in [2.05, 4.69) is 30.7 Å². The number of likely N-dealkylation sites (tertiary alicyclic amines) is 1. The second kappa shape index (κ2) is 11.9. The van der Waals surface area contributed by atoms with Crippen LogP contribution in [0.5, 0.6) is 23.0 Å². The number of nitrogens with one attached hydrogen (secondary N) is 2. The van der Waals surface area contributed by atoms with Crippen LogP contribution in [0.25, 0.3) is 16.6 Å². The molecule has 1 unspecified atom stereocenters. The van der Waals surface area contributed by atoms with E-state index in [1.54, 1.807) is 54.2 Å². The van der Waals surface area contributed by atoms with Crippen LogP contribution in [0.15, 0.2) is 67.4 Å². The number of rotatable bonds is 9. The molecule has 0 saturated carbocycles. The van der Waals surface area contributed by atoms with Crippen LogP contribution in [0.2, 0.25) is 0 Å². The highest BCUT2D eigenvalue weighted by Crippen LogP contribution is 2.38. The Kier molecular flexibility index (Phi) is 6.77. The topological polar surface area (TPSA) is 128 Å². The first-order chi connectivity index (χ1) is 22.1. The van der Waals surface area contributed by atoms with Crippen LogP contribution < -0.4 is 24.8 Å². The van der Waals surface area contributed by atoms with E-state index in [-0.39, 0.29) is 6.04 Å². The molecule has 0 radical (unpaired) electrons. The van der Waals surface area contributed by atoms with Crippen molar-refractivity contribution in [1.82, 2.24) is 29.5 Å². The number of hydrogen-bond acceptors (Lipinski definition) is 10. The molecule has 2 N–H and O–H groups in total. The maximum absolute atomic E-state index is 12.9. The number of anilines is 3. The summed E-state index contributed by atoms with van der Waals surface area (Å²) < 4.78 is 42.3. The molecule has 5 aromatic rings. The highest BCUT2D eigenvalue weighted by atomic mass is 16.5. The molecule has 0 aliphatic carbocycles. The van der Waals surface area contributed by atoms with Gasteiger partial charge in [-0.25, -0.2) is 19.5 Å². The number of ether oxygens (including phenoxy) is 3. The average Bonchev–Trinajstić information content (AvgIpc) is 3.71. The highest BCUT2D eigenvalue weighted by Gasteiger charge is 2.19. The molecular weight excluding hydrogens is 548 g/mol. The van der Waals surface area contributed by atoms with E-state index in [0.29, 0.717) is 69.7 Å². The predicted molar refractivity (Wildman–Crippen MR) is 164 cm³/mol. The first-order valence-electron chi connectivity index (χ1n) is 15.1. The number of likely N-dealkylation sites (N-methyl/N-ethyl adjacent to an activating group) is 1. The van der Waals surface area contributed by atoms with E-state index in [0.717, 1.165) is 12.0 Å². The fourth-order valence-corrected chi connectivity index (χ4v) is 4.98. The molecule has 0 spiro atoms. The molecule has 1 aliphatic heterocycles. The molecule has 0 bridgehead atoms. The largest absolute Gasteiger partial charge is 0.494 e. The number of pyridine rings is 1. The van der Waals surface area contributed by atoms with Crippen LogP contribution in [0, 0.1) is 6.92 Å². The highest BCUT2D eigenvalue weighted by molar-refractivity contribution is 6.03. The van der Waals surface area contributed by atoms with Crippen molar-refractivity contribution in [1.29, 1.82) is 0 Å². The number of methoxy groups -OCH3 is 2. The Balaban J connectivity index is 1.25. The lowest BCUT2D eigenvalue weighted by Crippen LogP contribution is -2.23. The lowest BCUT2D eigenvalue weighted by molar-refractivity contribution is -0.111. The van der Waals surface area contributed by atoms with Crippen molar-refractivity contribution in [3.63, 3.8) is 0 Å². The summed E-state index contributed by atoms with van der Waals surface area (Å²) in [5, 5.41) is 10.9. The maximum Gasteiger partial charge on any atom is 0.248 e. The summed E-state index contributed by atoms with van der Waals surface area (Å²) in [7, 11) is 3.07. The first kappa shape index (κ1) is 24.4. The summed E-state index contributed by atoms with van der Waals surface area (Å²) in [6, 6.07) is 10.4. The van der Waals surface area contributed by atoms with E-state index in [9.17, 15) is 4.79 Å². The Morgan fingerprint density at radius 1 is 1.05 bits per heavy atom. The van der Waals surface area contributed by atoms with E-state index >= 15 is 0 Å². The fourth-order valence-electron chi connectivity index (χ4n) is 4.98. The minimum atomic E-state index is -2.21. The number of hydrogen-bond donors (Lipinski definition) is 2. The summed E-state index contributed by atoms with van der Waals surface area (Å²) in [6.07, 6.45) is 9.09. The number of aromatic nitrogens is 5. The number of fused-ring (bicyclic) bond motifs is 2. The van der Waals surface area contributed by atoms with E-state index < -0.39 is 12.9 Å². The Bertz CT molecular complexity index is 1950. The van der Waals surface area contributed by atoms with Gasteiger partial charge in [-0.1, -0.05) is 6.08 Å². The number of carbonyl (C=O) groups excluding carboxylic acids is 1. The Morgan fingerprint density at radius 3 is 2.74 bits per heavy atom. The lowest BCUT2D eigenvalue weighted by Gasteiger charge is -2.17. The van der Waals surface area contributed by atoms with Gasteiger partial charge in [0.05, 0.1) is 31.1 Å². The van der Waals surface area contributed by atoms with Crippen molar-refractivity contribution < 1.29 is 23.1 Å². The number of carbonyl (C=O) groups is 1. The molecule has 1 atom stereocenters. The smallest absolute Gasteiger partial charge is 0.248 e. The van der Waals surface area contributed by atoms with Gasteiger partial charge in [0.2, 0.25) is 5.91 Å². The third kappa shape index (κ3) is 5.90. The third-order valence-corrected chi connectivity index (χ3v) is 7.21. The molecule has 1 saturated heterocycles. The van der Waals surface area contributed by atoms with Crippen molar-refractivity contribution >= 4 is 39.6 Å². The number of benzene rings is 2. The van der Waals surface area contributed by atoms with Crippen LogP contribution >= 0.6 is 0 Å². The van der Waals surface area contributed by atoms with Crippen LogP contribution in [0.1, 0.15) is 22.5 Å². The zero-order valence-corrected chi connectivity index (χ0v) is 23.9. The van der Waals surface area contributed by atoms with Crippen LogP contribution in [-0.2, 0) is 4.79 Å². The first-order valence-corrected chi connectivity index (χ1v) is 13.6. The molecule has 6 rings (SSSR count). The zero-order valence-electron chi connectivity index (χ0n) is 26.9. The standard InChI is InChI=1S/C31H32N8O4/c1-19-12-24(28(42-4)16-26(19)43-21-9-11-39-29(13-21)33-18-35-39)37-31-22-14-25(27(41-3)15-23(22)32-17-34-31)36-30(40)8-7-20-6-5-10-38(20)2/h7-9,11-18,20H,5-6,10H2,1-4H3,(H,36,40)(H,32,34,37)/i2D3. The summed E-state index contributed by atoms with van der Waals surface area (Å²) >= 11 is 0. The average molecular weight is 584 g/mol. The second-order valence-corrected chi connectivity index (χ2v) is 10.0. The quantitative estimate of drug-likeness (QED) is 0.226. The molecule has 1 fully saturated rings. The summed E-state index contributed by atoms with van der Waals surface area (Å²) in [5.74, 6) is 2.17. The van der Waals surface area contributed by atoms with E-state index in [1.807, 2.05) is 13.0 Å². The van der Waals surface area contributed by atoms with Crippen molar-refractivity contribution in [2.24, 2.45) is 0 Å². The molecule has 1 aliphatic rings.